The van der Waals surface area contributed by atoms with Gasteiger partial charge in [-0.2, -0.15) is 13.2 Å². The van der Waals surface area contributed by atoms with Crippen LogP contribution in [0.5, 0.6) is 0 Å². The summed E-state index contributed by atoms with van der Waals surface area (Å²) < 4.78 is 62.4. The normalized spacial score (nSPS) is 12.7. The van der Waals surface area contributed by atoms with Gasteiger partial charge >= 0.3 is 6.18 Å². The average molecular weight is 541 g/mol. The fourth-order valence-electron chi connectivity index (χ4n) is 3.87. The first kappa shape index (κ1) is 27.0. The number of hydrogen-bond acceptors (Lipinski definition) is 5. The van der Waals surface area contributed by atoms with Crippen LogP contribution < -0.4 is 10.5 Å². The van der Waals surface area contributed by atoms with Crippen molar-refractivity contribution in [2.75, 3.05) is 5.32 Å². The van der Waals surface area contributed by atoms with Crippen molar-refractivity contribution in [3.8, 4) is 11.3 Å². The van der Waals surface area contributed by atoms with E-state index >= 15 is 0 Å². The number of aromatic nitrogens is 2. The molecule has 11 heteroatoms. The van der Waals surface area contributed by atoms with Crippen molar-refractivity contribution in [1.82, 2.24) is 9.97 Å². The molecule has 0 bridgehead atoms. The maximum Gasteiger partial charge on any atom is 0.416 e. The number of sulfonamides is 1. The molecule has 0 saturated carbocycles. The SMILES string of the molecule is C[C@H](Cc1cncc(-c2cccc(S(N)(=O)=O)c2)n1)c1cccc(NC(=O)c2cccc(C(F)(F)F)c2)c1. The minimum absolute atomic E-state index is 0.0282. The summed E-state index contributed by atoms with van der Waals surface area (Å²) in [4.78, 5) is 21.4. The predicted molar refractivity (Wildman–Crippen MR) is 137 cm³/mol. The van der Waals surface area contributed by atoms with Gasteiger partial charge in [-0.25, -0.2) is 18.5 Å². The summed E-state index contributed by atoms with van der Waals surface area (Å²) in [7, 11) is -3.87. The molecule has 3 aromatic carbocycles. The Labute approximate surface area is 217 Å². The summed E-state index contributed by atoms with van der Waals surface area (Å²) in [5.41, 5.74) is 2.02. The lowest BCUT2D eigenvalue weighted by Crippen LogP contribution is -2.14. The number of nitrogens with zero attached hydrogens (tertiary/aromatic N) is 2. The summed E-state index contributed by atoms with van der Waals surface area (Å²) in [6, 6.07) is 17.4. The van der Waals surface area contributed by atoms with E-state index in [0.29, 0.717) is 29.1 Å². The topological polar surface area (TPSA) is 115 Å². The maximum atomic E-state index is 13.0. The number of rotatable bonds is 7. The first-order chi connectivity index (χ1) is 17.9. The highest BCUT2D eigenvalue weighted by molar-refractivity contribution is 7.89. The van der Waals surface area contributed by atoms with Gasteiger partial charge < -0.3 is 5.32 Å². The van der Waals surface area contributed by atoms with Gasteiger partial charge in [-0.15, -0.1) is 0 Å². The van der Waals surface area contributed by atoms with Crippen molar-refractivity contribution < 1.29 is 26.4 Å². The van der Waals surface area contributed by atoms with Crippen LogP contribution in [-0.4, -0.2) is 24.3 Å². The Kier molecular flexibility index (Phi) is 7.61. The maximum absolute atomic E-state index is 13.0. The van der Waals surface area contributed by atoms with E-state index < -0.39 is 27.7 Å². The van der Waals surface area contributed by atoms with Crippen LogP contribution in [0.25, 0.3) is 11.3 Å². The lowest BCUT2D eigenvalue weighted by atomic mass is 9.95. The van der Waals surface area contributed by atoms with Crippen molar-refractivity contribution in [1.29, 1.82) is 0 Å². The van der Waals surface area contributed by atoms with Gasteiger partial charge in [0.1, 0.15) is 0 Å². The van der Waals surface area contributed by atoms with Crippen molar-refractivity contribution in [3.05, 3.63) is 108 Å². The molecule has 0 aliphatic heterocycles. The second-order valence-corrected chi connectivity index (χ2v) is 10.3. The number of amides is 1. The molecule has 1 atom stereocenters. The van der Waals surface area contributed by atoms with Crippen LogP contribution in [0.15, 0.2) is 90.1 Å². The number of hydrogen-bond donors (Lipinski definition) is 2. The minimum atomic E-state index is -4.54. The third-order valence-electron chi connectivity index (χ3n) is 5.82. The Hall–Kier alpha value is -4.09. The molecular formula is C27H23F3N4O3S. The second kappa shape index (κ2) is 10.7. The Morgan fingerprint density at radius 3 is 2.47 bits per heavy atom. The zero-order valence-corrected chi connectivity index (χ0v) is 20.9. The Morgan fingerprint density at radius 2 is 1.74 bits per heavy atom. The van der Waals surface area contributed by atoms with Gasteiger partial charge in [0.2, 0.25) is 10.0 Å². The number of anilines is 1. The van der Waals surface area contributed by atoms with E-state index in [0.717, 1.165) is 17.7 Å². The van der Waals surface area contributed by atoms with Gasteiger partial charge in [-0.3, -0.25) is 9.78 Å². The Bertz CT molecular complexity index is 1590. The highest BCUT2D eigenvalue weighted by Crippen LogP contribution is 2.30. The van der Waals surface area contributed by atoms with Crippen molar-refractivity contribution in [2.45, 2.75) is 30.3 Å². The molecule has 0 fully saturated rings. The standard InChI is InChI=1S/C27H23F3N4O3S/c1-17(11-23-15-32-16-25(33-23)19-6-4-10-24(14-19)38(31,36)37)18-5-3-9-22(13-18)34-26(35)20-7-2-8-21(12-20)27(28,29)30/h2-10,12-17H,11H2,1H3,(H,34,35)(H2,31,36,37)/t17-/m1/s1. The summed E-state index contributed by atoms with van der Waals surface area (Å²) >= 11 is 0. The molecule has 0 radical (unpaired) electrons. The van der Waals surface area contributed by atoms with Gasteiger partial charge in [-0.1, -0.05) is 37.3 Å². The van der Waals surface area contributed by atoms with E-state index in [1.54, 1.807) is 36.5 Å². The Balaban J connectivity index is 1.49. The molecule has 0 spiro atoms. The number of carbonyl (C=O) groups is 1. The van der Waals surface area contributed by atoms with Crippen LogP contribution in [0.3, 0.4) is 0 Å². The molecule has 0 aliphatic carbocycles. The third-order valence-corrected chi connectivity index (χ3v) is 6.73. The van der Waals surface area contributed by atoms with Gasteiger partial charge in [0, 0.05) is 23.0 Å². The summed E-state index contributed by atoms with van der Waals surface area (Å²) in [5, 5.41) is 7.88. The van der Waals surface area contributed by atoms with Crippen LogP contribution in [0.4, 0.5) is 18.9 Å². The van der Waals surface area contributed by atoms with E-state index in [1.165, 1.54) is 30.5 Å². The molecule has 38 heavy (non-hydrogen) atoms. The summed E-state index contributed by atoms with van der Waals surface area (Å²) in [5.74, 6) is -0.707. The van der Waals surface area contributed by atoms with Crippen LogP contribution in [0.1, 0.15) is 40.0 Å². The number of nitrogens with one attached hydrogen (secondary N) is 1. The quantitative estimate of drug-likeness (QED) is 0.325. The number of benzene rings is 3. The fourth-order valence-corrected chi connectivity index (χ4v) is 4.43. The number of halogens is 3. The zero-order valence-electron chi connectivity index (χ0n) is 20.1. The minimum Gasteiger partial charge on any atom is -0.322 e. The van der Waals surface area contributed by atoms with Gasteiger partial charge in [0.15, 0.2) is 0 Å². The largest absolute Gasteiger partial charge is 0.416 e. The van der Waals surface area contributed by atoms with Crippen LogP contribution in [0.2, 0.25) is 0 Å². The van der Waals surface area contributed by atoms with Crippen LogP contribution in [-0.2, 0) is 22.6 Å². The number of primary sulfonamides is 1. The molecule has 7 nitrogen and oxygen atoms in total. The summed E-state index contributed by atoms with van der Waals surface area (Å²) in [6.45, 7) is 1.96. The van der Waals surface area contributed by atoms with Crippen molar-refractivity contribution in [3.63, 3.8) is 0 Å². The molecule has 1 amide bonds. The second-order valence-electron chi connectivity index (χ2n) is 8.73. The van der Waals surface area contributed by atoms with Crippen molar-refractivity contribution >= 4 is 21.6 Å². The number of carbonyl (C=O) groups excluding carboxylic acids is 1. The monoisotopic (exact) mass is 540 g/mol. The van der Waals surface area contributed by atoms with Gasteiger partial charge in [0.25, 0.3) is 5.91 Å². The first-order valence-electron chi connectivity index (χ1n) is 11.4. The summed E-state index contributed by atoms with van der Waals surface area (Å²) in [6.07, 6.45) is -0.916. The van der Waals surface area contributed by atoms with Gasteiger partial charge in [0.05, 0.1) is 28.0 Å². The molecule has 1 aromatic heterocycles. The molecule has 4 aromatic rings. The third kappa shape index (κ3) is 6.61. The molecule has 0 unspecified atom stereocenters. The molecule has 0 aliphatic rings. The molecule has 4 rings (SSSR count). The molecule has 3 N–H and O–H groups in total. The van der Waals surface area contributed by atoms with E-state index in [9.17, 15) is 26.4 Å². The fraction of sp³-hybridized carbons (Fsp3) is 0.148. The average Bonchev–Trinajstić information content (AvgIpc) is 2.88. The van der Waals surface area contributed by atoms with E-state index in [-0.39, 0.29) is 16.4 Å². The van der Waals surface area contributed by atoms with Gasteiger partial charge in [-0.05, 0) is 60.4 Å². The first-order valence-corrected chi connectivity index (χ1v) is 13.0. The molecule has 196 valence electrons. The highest BCUT2D eigenvalue weighted by atomic mass is 32.2. The molecule has 0 saturated heterocycles. The number of nitrogens with two attached hydrogens (primary N) is 1. The highest BCUT2D eigenvalue weighted by Gasteiger charge is 2.30. The molecule has 1 heterocycles. The number of alkyl halides is 3. The van der Waals surface area contributed by atoms with Crippen LogP contribution in [0, 0.1) is 0 Å². The van der Waals surface area contributed by atoms with E-state index in [2.05, 4.69) is 15.3 Å². The van der Waals surface area contributed by atoms with Crippen LogP contribution >= 0.6 is 0 Å². The zero-order chi connectivity index (χ0) is 27.5. The van der Waals surface area contributed by atoms with E-state index in [1.807, 2.05) is 13.0 Å². The lowest BCUT2D eigenvalue weighted by molar-refractivity contribution is -0.137. The predicted octanol–water partition coefficient (Wildman–Crippen LogP) is 5.41. The van der Waals surface area contributed by atoms with Crippen molar-refractivity contribution in [2.24, 2.45) is 5.14 Å². The lowest BCUT2D eigenvalue weighted by Gasteiger charge is -2.14. The smallest absolute Gasteiger partial charge is 0.322 e. The molecular weight excluding hydrogens is 517 g/mol. The van der Waals surface area contributed by atoms with E-state index in [4.69, 9.17) is 5.14 Å². The Morgan fingerprint density at radius 1 is 1.00 bits per heavy atom.